The maximum absolute atomic E-state index is 12.5. The zero-order chi connectivity index (χ0) is 18.4. The van der Waals surface area contributed by atoms with Crippen LogP contribution in [0.25, 0.3) is 0 Å². The summed E-state index contributed by atoms with van der Waals surface area (Å²) in [6, 6.07) is 16.6. The molecule has 1 aliphatic carbocycles. The molecule has 1 saturated carbocycles. The van der Waals surface area contributed by atoms with Crippen LogP contribution in [0.4, 0.5) is 0 Å². The van der Waals surface area contributed by atoms with E-state index in [-0.39, 0.29) is 5.91 Å². The number of carboxylic acids is 1. The van der Waals surface area contributed by atoms with Gasteiger partial charge in [-0.1, -0.05) is 49.3 Å². The first-order valence-corrected chi connectivity index (χ1v) is 8.82. The zero-order valence-corrected chi connectivity index (χ0v) is 14.5. The first-order valence-electron chi connectivity index (χ1n) is 8.82. The van der Waals surface area contributed by atoms with E-state index in [1.165, 1.54) is 0 Å². The minimum atomic E-state index is -1.14. The molecule has 0 heterocycles. The molecule has 1 fully saturated rings. The molecule has 4 heteroatoms. The van der Waals surface area contributed by atoms with Crippen molar-refractivity contribution in [2.75, 3.05) is 0 Å². The number of carbonyl (C=O) groups is 2. The monoisotopic (exact) mass is 347 g/mol. The smallest absolute Gasteiger partial charge is 0.329 e. The van der Waals surface area contributed by atoms with Crippen LogP contribution in [0.2, 0.25) is 0 Å². The van der Waals surface area contributed by atoms with Crippen LogP contribution in [-0.4, -0.2) is 22.5 Å². The average molecular weight is 347 g/mol. The molecule has 4 nitrogen and oxygen atoms in total. The Labute approximate surface area is 153 Å². The van der Waals surface area contributed by atoms with Gasteiger partial charge in [0.15, 0.2) is 0 Å². The van der Waals surface area contributed by atoms with Crippen molar-refractivity contribution in [1.82, 2.24) is 5.32 Å². The zero-order valence-electron chi connectivity index (χ0n) is 14.5. The van der Waals surface area contributed by atoms with E-state index in [9.17, 15) is 14.7 Å². The van der Waals surface area contributed by atoms with Crippen LogP contribution in [0.5, 0.6) is 0 Å². The van der Waals surface area contributed by atoms with E-state index in [0.717, 1.165) is 30.4 Å². The molecule has 132 valence electrons. The molecule has 1 amide bonds. The highest BCUT2D eigenvalue weighted by molar-refractivity contribution is 5.98. The van der Waals surface area contributed by atoms with E-state index >= 15 is 0 Å². The number of aliphatic carboxylic acids is 1. The minimum Gasteiger partial charge on any atom is -0.480 e. The molecule has 0 atom stereocenters. The van der Waals surface area contributed by atoms with Crippen molar-refractivity contribution in [2.24, 2.45) is 0 Å². The summed E-state index contributed by atoms with van der Waals surface area (Å²) < 4.78 is 0. The van der Waals surface area contributed by atoms with Crippen molar-refractivity contribution in [2.45, 2.75) is 37.6 Å². The molecular weight excluding hydrogens is 326 g/mol. The normalized spacial score (nSPS) is 15.4. The third-order valence-corrected chi connectivity index (χ3v) is 4.74. The van der Waals surface area contributed by atoms with E-state index in [4.69, 9.17) is 0 Å². The number of amides is 1. The van der Waals surface area contributed by atoms with Crippen molar-refractivity contribution in [3.63, 3.8) is 0 Å². The third kappa shape index (κ3) is 4.12. The third-order valence-electron chi connectivity index (χ3n) is 4.74. The SMILES string of the molecule is O=C(NC1(C(=O)O)CCCCC1)c1ccc(C#Cc2ccccc2)cc1. The van der Waals surface area contributed by atoms with Gasteiger partial charge >= 0.3 is 5.97 Å². The lowest BCUT2D eigenvalue weighted by molar-refractivity contribution is -0.145. The fraction of sp³-hybridized carbons (Fsp3) is 0.273. The van der Waals surface area contributed by atoms with Crippen molar-refractivity contribution in [3.05, 3.63) is 71.3 Å². The molecular formula is C22H21NO3. The Morgan fingerprint density at radius 1 is 0.846 bits per heavy atom. The van der Waals surface area contributed by atoms with Gasteiger partial charge < -0.3 is 10.4 Å². The Kier molecular flexibility index (Phi) is 5.38. The van der Waals surface area contributed by atoms with Crippen LogP contribution in [0.1, 0.15) is 53.6 Å². The summed E-state index contributed by atoms with van der Waals surface area (Å²) in [6.07, 6.45) is 3.62. The molecule has 3 rings (SSSR count). The summed E-state index contributed by atoms with van der Waals surface area (Å²) in [5.41, 5.74) is 1.04. The van der Waals surface area contributed by atoms with Gasteiger partial charge in [0.2, 0.25) is 0 Å². The first-order chi connectivity index (χ1) is 12.6. The molecule has 0 bridgehead atoms. The van der Waals surface area contributed by atoms with Crippen LogP contribution < -0.4 is 5.32 Å². The summed E-state index contributed by atoms with van der Waals surface area (Å²) in [4.78, 5) is 24.2. The Morgan fingerprint density at radius 3 is 2.00 bits per heavy atom. The predicted octanol–water partition coefficient (Wildman–Crippen LogP) is 3.60. The highest BCUT2D eigenvalue weighted by Gasteiger charge is 2.41. The van der Waals surface area contributed by atoms with Crippen LogP contribution in [0, 0.1) is 11.8 Å². The number of hydrogen-bond donors (Lipinski definition) is 2. The summed E-state index contributed by atoms with van der Waals surface area (Å²) in [7, 11) is 0. The highest BCUT2D eigenvalue weighted by Crippen LogP contribution is 2.28. The van der Waals surface area contributed by atoms with Crippen molar-refractivity contribution in [1.29, 1.82) is 0 Å². The van der Waals surface area contributed by atoms with E-state index < -0.39 is 11.5 Å². The van der Waals surface area contributed by atoms with Gasteiger partial charge in [-0.05, 0) is 49.2 Å². The standard InChI is InChI=1S/C22H21NO3/c24-20(23-22(21(25)26)15-5-2-6-16-22)19-13-11-18(12-14-19)10-9-17-7-3-1-4-8-17/h1,3-4,7-8,11-14H,2,5-6,15-16H2,(H,23,24)(H,25,26). The van der Waals surface area contributed by atoms with Gasteiger partial charge in [0, 0.05) is 16.7 Å². The average Bonchev–Trinajstić information content (AvgIpc) is 2.68. The minimum absolute atomic E-state index is 0.350. The maximum atomic E-state index is 12.5. The molecule has 2 aromatic rings. The molecule has 0 aliphatic heterocycles. The largest absolute Gasteiger partial charge is 0.480 e. The van der Waals surface area contributed by atoms with Gasteiger partial charge in [-0.25, -0.2) is 4.79 Å². The Bertz CT molecular complexity index is 838. The van der Waals surface area contributed by atoms with E-state index in [1.54, 1.807) is 24.3 Å². The second-order valence-corrected chi connectivity index (χ2v) is 6.60. The number of hydrogen-bond acceptors (Lipinski definition) is 2. The lowest BCUT2D eigenvalue weighted by Crippen LogP contribution is -2.55. The lowest BCUT2D eigenvalue weighted by Gasteiger charge is -2.34. The van der Waals surface area contributed by atoms with Crippen molar-refractivity contribution >= 4 is 11.9 Å². The van der Waals surface area contributed by atoms with Crippen LogP contribution in [0.15, 0.2) is 54.6 Å². The van der Waals surface area contributed by atoms with E-state index in [2.05, 4.69) is 17.2 Å². The quantitative estimate of drug-likeness (QED) is 0.834. The second-order valence-electron chi connectivity index (χ2n) is 6.60. The number of rotatable bonds is 3. The number of nitrogens with one attached hydrogen (secondary N) is 1. The van der Waals surface area contributed by atoms with E-state index in [0.29, 0.717) is 18.4 Å². The fourth-order valence-corrected chi connectivity index (χ4v) is 3.21. The molecule has 2 N–H and O–H groups in total. The number of carbonyl (C=O) groups excluding carboxylic acids is 1. The van der Waals surface area contributed by atoms with Gasteiger partial charge in [-0.3, -0.25) is 4.79 Å². The van der Waals surface area contributed by atoms with Gasteiger partial charge in [0.05, 0.1) is 0 Å². The molecule has 2 aromatic carbocycles. The number of carboxylic acid groups (broad SMARTS) is 1. The Morgan fingerprint density at radius 2 is 1.42 bits per heavy atom. The van der Waals surface area contributed by atoms with Gasteiger partial charge in [0.25, 0.3) is 5.91 Å². The van der Waals surface area contributed by atoms with Crippen LogP contribution in [-0.2, 0) is 4.79 Å². The Balaban J connectivity index is 1.71. The van der Waals surface area contributed by atoms with E-state index in [1.807, 2.05) is 30.3 Å². The molecule has 0 spiro atoms. The van der Waals surface area contributed by atoms with Crippen molar-refractivity contribution in [3.8, 4) is 11.8 Å². The maximum Gasteiger partial charge on any atom is 0.329 e. The summed E-state index contributed by atoms with van der Waals surface area (Å²) >= 11 is 0. The highest BCUT2D eigenvalue weighted by atomic mass is 16.4. The fourth-order valence-electron chi connectivity index (χ4n) is 3.21. The predicted molar refractivity (Wildman–Crippen MR) is 99.8 cm³/mol. The summed E-state index contributed by atoms with van der Waals surface area (Å²) in [6.45, 7) is 0. The first kappa shape index (κ1) is 17.8. The second kappa shape index (κ2) is 7.88. The van der Waals surface area contributed by atoms with Gasteiger partial charge in [-0.2, -0.15) is 0 Å². The molecule has 0 radical (unpaired) electrons. The summed E-state index contributed by atoms with van der Waals surface area (Å²) in [5.74, 6) is 4.83. The van der Waals surface area contributed by atoms with Crippen molar-refractivity contribution < 1.29 is 14.7 Å². The summed E-state index contributed by atoms with van der Waals surface area (Å²) in [5, 5.41) is 12.3. The topological polar surface area (TPSA) is 66.4 Å². The Hall–Kier alpha value is -3.06. The van der Waals surface area contributed by atoms with Crippen LogP contribution in [0.3, 0.4) is 0 Å². The molecule has 0 saturated heterocycles. The van der Waals surface area contributed by atoms with Gasteiger partial charge in [0.1, 0.15) is 5.54 Å². The molecule has 1 aliphatic rings. The van der Waals surface area contributed by atoms with Gasteiger partial charge in [-0.15, -0.1) is 0 Å². The molecule has 0 aromatic heterocycles. The van der Waals surface area contributed by atoms with Crippen LogP contribution >= 0.6 is 0 Å². The lowest BCUT2D eigenvalue weighted by atomic mass is 9.81. The number of benzene rings is 2. The molecule has 0 unspecified atom stereocenters. The molecule has 26 heavy (non-hydrogen) atoms.